The van der Waals surface area contributed by atoms with Crippen molar-refractivity contribution in [3.63, 3.8) is 0 Å². The Morgan fingerprint density at radius 1 is 1.17 bits per heavy atom. The van der Waals surface area contributed by atoms with E-state index in [-0.39, 0.29) is 0 Å². The van der Waals surface area contributed by atoms with Gasteiger partial charge in [0.15, 0.2) is 0 Å². The van der Waals surface area contributed by atoms with Crippen LogP contribution in [-0.4, -0.2) is 11.7 Å². The summed E-state index contributed by atoms with van der Waals surface area (Å²) in [6, 6.07) is 0. The summed E-state index contributed by atoms with van der Waals surface area (Å²) in [6.45, 7) is 9.23. The number of allylic oxidation sites excluding steroid dienone is 5. The van der Waals surface area contributed by atoms with Crippen molar-refractivity contribution in [3.05, 3.63) is 35.5 Å². The fourth-order valence-corrected chi connectivity index (χ4v) is 5.59. The first kappa shape index (κ1) is 18.0. The third kappa shape index (κ3) is 3.72. The molecule has 3 saturated carbocycles. The topological polar surface area (TPSA) is 20.2 Å². The molecule has 0 radical (unpaired) electrons. The van der Waals surface area contributed by atoms with E-state index in [1.165, 1.54) is 68.9 Å². The number of rotatable bonds is 4. The Bertz CT molecular complexity index is 512. The average molecular weight is 329 g/mol. The third-order valence-corrected chi connectivity index (χ3v) is 7.27. The number of aliphatic hydroxyl groups excluding tert-OH is 1. The van der Waals surface area contributed by atoms with Crippen LogP contribution >= 0.6 is 0 Å². The van der Waals surface area contributed by atoms with Gasteiger partial charge in [-0.1, -0.05) is 50.1 Å². The van der Waals surface area contributed by atoms with E-state index < -0.39 is 0 Å². The van der Waals surface area contributed by atoms with Crippen molar-refractivity contribution in [2.24, 2.45) is 29.6 Å². The average Bonchev–Trinajstić information content (AvgIpc) is 3.05. The molecule has 1 N–H and O–H groups in total. The quantitative estimate of drug-likeness (QED) is 0.665. The normalized spacial score (nSPS) is 38.5. The molecule has 0 aromatic heterocycles. The van der Waals surface area contributed by atoms with E-state index in [2.05, 4.69) is 32.6 Å². The smallest absolute Gasteiger partial charge is 0.0459 e. The molecule has 5 atom stereocenters. The van der Waals surface area contributed by atoms with Gasteiger partial charge < -0.3 is 5.11 Å². The van der Waals surface area contributed by atoms with Crippen LogP contribution in [0.5, 0.6) is 0 Å². The van der Waals surface area contributed by atoms with Crippen LogP contribution in [-0.2, 0) is 0 Å². The molecule has 0 aromatic carbocycles. The molecule has 3 aliphatic carbocycles. The third-order valence-electron chi connectivity index (χ3n) is 7.27. The van der Waals surface area contributed by atoms with Gasteiger partial charge in [-0.05, 0) is 86.5 Å². The fourth-order valence-electron chi connectivity index (χ4n) is 5.59. The minimum Gasteiger partial charge on any atom is -0.396 e. The summed E-state index contributed by atoms with van der Waals surface area (Å²) in [5.74, 6) is 3.68. The highest BCUT2D eigenvalue weighted by molar-refractivity contribution is 5.35. The standard InChI is InChI=1S/C23H36O/c1-4-18-9-8-16(2)20(14-18)11-10-19-6-5-7-23-21(17(3)15-24)12-13-22(19)23/h10-11,17-18,21-24H,2,4-9,12-15H2,1,3H3. The molecule has 24 heavy (non-hydrogen) atoms. The van der Waals surface area contributed by atoms with Crippen LogP contribution in [0, 0.1) is 29.6 Å². The van der Waals surface area contributed by atoms with Crippen LogP contribution < -0.4 is 0 Å². The Balaban J connectivity index is 1.73. The van der Waals surface area contributed by atoms with Crippen LogP contribution in [0.25, 0.3) is 0 Å². The zero-order valence-electron chi connectivity index (χ0n) is 15.8. The molecule has 3 rings (SSSR count). The molecule has 0 aliphatic heterocycles. The Kier molecular flexibility index (Phi) is 6.02. The van der Waals surface area contributed by atoms with Gasteiger partial charge >= 0.3 is 0 Å². The van der Waals surface area contributed by atoms with Gasteiger partial charge in [-0.15, -0.1) is 0 Å². The van der Waals surface area contributed by atoms with E-state index in [1.54, 1.807) is 5.57 Å². The predicted molar refractivity (Wildman–Crippen MR) is 103 cm³/mol. The maximum atomic E-state index is 9.57. The zero-order valence-corrected chi connectivity index (χ0v) is 15.8. The monoisotopic (exact) mass is 328 g/mol. The van der Waals surface area contributed by atoms with Crippen molar-refractivity contribution in [2.75, 3.05) is 6.61 Å². The van der Waals surface area contributed by atoms with Crippen molar-refractivity contribution in [2.45, 2.75) is 71.6 Å². The summed E-state index contributed by atoms with van der Waals surface area (Å²) in [5.41, 5.74) is 4.58. The van der Waals surface area contributed by atoms with Crippen molar-refractivity contribution < 1.29 is 5.11 Å². The first-order valence-electron chi connectivity index (χ1n) is 10.3. The second-order valence-corrected chi connectivity index (χ2v) is 8.62. The largest absolute Gasteiger partial charge is 0.396 e. The highest BCUT2D eigenvalue weighted by Crippen LogP contribution is 2.50. The predicted octanol–water partition coefficient (Wildman–Crippen LogP) is 6.06. The lowest BCUT2D eigenvalue weighted by Crippen LogP contribution is -2.26. The molecule has 134 valence electrons. The Morgan fingerprint density at radius 3 is 2.75 bits per heavy atom. The lowest BCUT2D eigenvalue weighted by molar-refractivity contribution is 0.144. The first-order valence-corrected chi connectivity index (χ1v) is 10.3. The van der Waals surface area contributed by atoms with Crippen molar-refractivity contribution in [1.29, 1.82) is 0 Å². The second-order valence-electron chi connectivity index (χ2n) is 8.62. The molecule has 1 heteroatoms. The van der Waals surface area contributed by atoms with Gasteiger partial charge in [-0.2, -0.15) is 0 Å². The molecular weight excluding hydrogens is 292 g/mol. The van der Waals surface area contributed by atoms with E-state index in [0.29, 0.717) is 12.5 Å². The number of hydrogen-bond donors (Lipinski definition) is 1. The molecule has 0 heterocycles. The summed E-state index contributed by atoms with van der Waals surface area (Å²) in [4.78, 5) is 0. The lowest BCUT2D eigenvalue weighted by Gasteiger charge is -2.34. The van der Waals surface area contributed by atoms with E-state index in [4.69, 9.17) is 0 Å². The van der Waals surface area contributed by atoms with Gasteiger partial charge in [0, 0.05) is 6.61 Å². The maximum Gasteiger partial charge on any atom is 0.0459 e. The molecule has 5 unspecified atom stereocenters. The van der Waals surface area contributed by atoms with Gasteiger partial charge in [0.05, 0.1) is 0 Å². The first-order chi connectivity index (χ1) is 11.6. The summed E-state index contributed by atoms with van der Waals surface area (Å²) in [5, 5.41) is 9.57. The van der Waals surface area contributed by atoms with Crippen LogP contribution in [0.1, 0.15) is 71.6 Å². The summed E-state index contributed by atoms with van der Waals surface area (Å²) in [6.07, 6.45) is 16.6. The van der Waals surface area contributed by atoms with Crippen LogP contribution in [0.15, 0.2) is 35.5 Å². The Labute approximate surface area is 148 Å². The highest BCUT2D eigenvalue weighted by Gasteiger charge is 2.41. The van der Waals surface area contributed by atoms with Crippen molar-refractivity contribution in [1.82, 2.24) is 0 Å². The molecule has 0 aromatic rings. The summed E-state index contributed by atoms with van der Waals surface area (Å²) in [7, 11) is 0. The molecule has 0 saturated heterocycles. The van der Waals surface area contributed by atoms with Gasteiger partial charge in [0.2, 0.25) is 0 Å². The zero-order chi connectivity index (χ0) is 17.1. The lowest BCUT2D eigenvalue weighted by atomic mass is 9.72. The van der Waals surface area contributed by atoms with Crippen molar-refractivity contribution in [3.8, 4) is 0 Å². The van der Waals surface area contributed by atoms with Gasteiger partial charge in [0.1, 0.15) is 0 Å². The van der Waals surface area contributed by atoms with Crippen LogP contribution in [0.4, 0.5) is 0 Å². The van der Waals surface area contributed by atoms with Crippen LogP contribution in [0.3, 0.4) is 0 Å². The molecule has 0 amide bonds. The summed E-state index contributed by atoms with van der Waals surface area (Å²) >= 11 is 0. The molecular formula is C23H36O. The van der Waals surface area contributed by atoms with Gasteiger partial charge in [0.25, 0.3) is 0 Å². The van der Waals surface area contributed by atoms with Crippen LogP contribution in [0.2, 0.25) is 0 Å². The van der Waals surface area contributed by atoms with E-state index in [9.17, 15) is 5.11 Å². The molecule has 1 nitrogen and oxygen atoms in total. The minimum absolute atomic E-state index is 0.356. The van der Waals surface area contributed by atoms with Gasteiger partial charge in [-0.25, -0.2) is 0 Å². The molecule has 3 aliphatic rings. The fraction of sp³-hybridized carbons (Fsp3) is 0.739. The van der Waals surface area contributed by atoms with Gasteiger partial charge in [-0.3, -0.25) is 0 Å². The molecule has 0 bridgehead atoms. The number of fused-ring (bicyclic) bond motifs is 1. The van der Waals surface area contributed by atoms with Crippen molar-refractivity contribution >= 4 is 0 Å². The molecule has 3 fully saturated rings. The maximum absolute atomic E-state index is 9.57. The van der Waals surface area contributed by atoms with E-state index >= 15 is 0 Å². The number of aliphatic hydroxyl groups is 1. The minimum atomic E-state index is 0.356. The summed E-state index contributed by atoms with van der Waals surface area (Å²) < 4.78 is 0. The molecule has 0 spiro atoms. The van der Waals surface area contributed by atoms with E-state index in [0.717, 1.165) is 23.7 Å². The second kappa shape index (κ2) is 8.04. The SMILES string of the molecule is C=C1CCC(CC)CC1=CC=C1CCCC2C1CCC2C(C)CO. The Morgan fingerprint density at radius 2 is 2.00 bits per heavy atom. The van der Waals surface area contributed by atoms with E-state index in [1.807, 2.05) is 0 Å². The highest BCUT2D eigenvalue weighted by atomic mass is 16.3. The number of hydrogen-bond acceptors (Lipinski definition) is 1. The Hall–Kier alpha value is -0.820.